The molecule has 0 unspecified atom stereocenters. The lowest BCUT2D eigenvalue weighted by Gasteiger charge is -2.12. The number of carbonyl (C=O) groups is 1. The number of para-hydroxylation sites is 1. The van der Waals surface area contributed by atoms with Gasteiger partial charge in [-0.2, -0.15) is 5.10 Å². The highest BCUT2D eigenvalue weighted by Gasteiger charge is 2.10. The van der Waals surface area contributed by atoms with Crippen LogP contribution in [0, 0.1) is 13.8 Å². The molecule has 0 radical (unpaired) electrons. The maximum atomic E-state index is 12.4. The molecule has 1 N–H and O–H groups in total. The van der Waals surface area contributed by atoms with Crippen LogP contribution in [-0.2, 0) is 20.2 Å². The zero-order chi connectivity index (χ0) is 19.4. The smallest absolute Gasteiger partial charge is 0.251 e. The number of amides is 1. The summed E-state index contributed by atoms with van der Waals surface area (Å²) < 4.78 is 8.57. The van der Waals surface area contributed by atoms with Gasteiger partial charge >= 0.3 is 0 Å². The summed E-state index contributed by atoms with van der Waals surface area (Å²) in [7, 11) is 1.84. The third-order valence-corrected chi connectivity index (χ3v) is 5.10. The van der Waals surface area contributed by atoms with Crippen LogP contribution < -0.4 is 10.1 Å². The number of aromatic nitrogens is 2. The molecule has 0 saturated heterocycles. The third-order valence-electron chi connectivity index (χ3n) is 4.44. The van der Waals surface area contributed by atoms with Gasteiger partial charge in [0.05, 0.1) is 22.9 Å². The minimum absolute atomic E-state index is 0.120. The third kappa shape index (κ3) is 4.57. The van der Waals surface area contributed by atoms with Crippen LogP contribution in [0.15, 0.2) is 53.1 Å². The Labute approximate surface area is 167 Å². The summed E-state index contributed by atoms with van der Waals surface area (Å²) in [6.07, 6.45) is 1.71. The number of nitrogens with one attached hydrogen (secondary N) is 1. The van der Waals surface area contributed by atoms with Crippen molar-refractivity contribution in [2.24, 2.45) is 7.05 Å². The molecule has 0 aliphatic rings. The van der Waals surface area contributed by atoms with Gasteiger partial charge < -0.3 is 10.1 Å². The van der Waals surface area contributed by atoms with Crippen molar-refractivity contribution in [1.29, 1.82) is 0 Å². The van der Waals surface area contributed by atoms with E-state index in [2.05, 4.69) is 26.3 Å². The van der Waals surface area contributed by atoms with Crippen molar-refractivity contribution in [2.75, 3.05) is 0 Å². The molecule has 0 saturated carbocycles. The Balaban J connectivity index is 1.59. The molecule has 0 atom stereocenters. The predicted molar refractivity (Wildman–Crippen MR) is 109 cm³/mol. The van der Waals surface area contributed by atoms with Crippen LogP contribution in [0.4, 0.5) is 0 Å². The minimum Gasteiger partial charge on any atom is -0.488 e. The lowest BCUT2D eigenvalue weighted by Crippen LogP contribution is -2.24. The number of aryl methyl sites for hydroxylation is 3. The molecule has 1 amide bonds. The lowest BCUT2D eigenvalue weighted by atomic mass is 10.1. The molecule has 5 nitrogen and oxygen atoms in total. The Hall–Kier alpha value is -2.60. The van der Waals surface area contributed by atoms with E-state index in [4.69, 9.17) is 4.74 Å². The monoisotopic (exact) mass is 427 g/mol. The van der Waals surface area contributed by atoms with Crippen molar-refractivity contribution in [3.8, 4) is 5.75 Å². The van der Waals surface area contributed by atoms with Gasteiger partial charge in [-0.25, -0.2) is 0 Å². The van der Waals surface area contributed by atoms with E-state index in [9.17, 15) is 4.79 Å². The SMILES string of the molecule is Cc1cccc(C)c1OCc1ccc(C(=O)NCc2c(Br)cnn2C)cc1. The maximum absolute atomic E-state index is 12.4. The van der Waals surface area contributed by atoms with Crippen LogP contribution in [-0.4, -0.2) is 15.7 Å². The molecule has 3 aromatic rings. The zero-order valence-electron chi connectivity index (χ0n) is 15.6. The zero-order valence-corrected chi connectivity index (χ0v) is 17.2. The first-order valence-electron chi connectivity index (χ1n) is 8.68. The van der Waals surface area contributed by atoms with Crippen molar-refractivity contribution in [2.45, 2.75) is 27.0 Å². The molecule has 0 fully saturated rings. The van der Waals surface area contributed by atoms with Gasteiger partial charge in [0, 0.05) is 12.6 Å². The summed E-state index contributed by atoms with van der Waals surface area (Å²) >= 11 is 3.43. The molecule has 140 valence electrons. The Kier molecular flexibility index (Phi) is 5.96. The summed E-state index contributed by atoms with van der Waals surface area (Å²) in [5.74, 6) is 0.798. The van der Waals surface area contributed by atoms with Crippen molar-refractivity contribution in [3.05, 3.63) is 81.1 Å². The highest BCUT2D eigenvalue weighted by molar-refractivity contribution is 9.10. The highest BCUT2D eigenvalue weighted by atomic mass is 79.9. The standard InChI is InChI=1S/C21H22BrN3O2/c1-14-5-4-6-15(2)20(14)27-13-16-7-9-17(10-8-16)21(26)23-12-19-18(22)11-24-25(19)3/h4-11H,12-13H2,1-3H3,(H,23,26). The normalized spacial score (nSPS) is 10.7. The summed E-state index contributed by atoms with van der Waals surface area (Å²) in [6.45, 7) is 4.95. The Morgan fingerprint density at radius 3 is 2.41 bits per heavy atom. The Bertz CT molecular complexity index is 909. The fourth-order valence-corrected chi connectivity index (χ4v) is 3.32. The second-order valence-corrected chi connectivity index (χ2v) is 7.31. The van der Waals surface area contributed by atoms with Gasteiger partial charge in [-0.1, -0.05) is 30.3 Å². The van der Waals surface area contributed by atoms with Crippen LogP contribution >= 0.6 is 15.9 Å². The average Bonchev–Trinajstić information content (AvgIpc) is 2.97. The van der Waals surface area contributed by atoms with Gasteiger partial charge in [0.25, 0.3) is 5.91 Å². The molecule has 2 aromatic carbocycles. The van der Waals surface area contributed by atoms with Gasteiger partial charge in [0.15, 0.2) is 0 Å². The summed E-state index contributed by atoms with van der Waals surface area (Å²) in [5.41, 5.74) is 4.79. The Morgan fingerprint density at radius 2 is 1.81 bits per heavy atom. The van der Waals surface area contributed by atoms with Crippen LogP contribution in [0.3, 0.4) is 0 Å². The van der Waals surface area contributed by atoms with E-state index in [0.29, 0.717) is 18.7 Å². The molecule has 6 heteroatoms. The van der Waals surface area contributed by atoms with Crippen molar-refractivity contribution < 1.29 is 9.53 Å². The Morgan fingerprint density at radius 1 is 1.15 bits per heavy atom. The number of rotatable bonds is 6. The first-order chi connectivity index (χ1) is 13.0. The molecule has 0 aliphatic carbocycles. The molecular formula is C21H22BrN3O2. The molecule has 0 spiro atoms. The van der Waals surface area contributed by atoms with E-state index in [1.807, 2.05) is 63.4 Å². The second-order valence-electron chi connectivity index (χ2n) is 6.45. The summed E-state index contributed by atoms with van der Waals surface area (Å²) in [6, 6.07) is 13.6. The van der Waals surface area contributed by atoms with Crippen LogP contribution in [0.25, 0.3) is 0 Å². The summed E-state index contributed by atoms with van der Waals surface area (Å²) in [4.78, 5) is 12.4. The van der Waals surface area contributed by atoms with E-state index in [0.717, 1.165) is 32.6 Å². The topological polar surface area (TPSA) is 56.1 Å². The molecule has 1 aromatic heterocycles. The van der Waals surface area contributed by atoms with Gasteiger partial charge in [-0.05, 0) is 58.6 Å². The number of halogens is 1. The van der Waals surface area contributed by atoms with Crippen LogP contribution in [0.2, 0.25) is 0 Å². The van der Waals surface area contributed by atoms with E-state index < -0.39 is 0 Å². The molecule has 27 heavy (non-hydrogen) atoms. The number of hydrogen-bond acceptors (Lipinski definition) is 3. The largest absolute Gasteiger partial charge is 0.488 e. The number of carbonyl (C=O) groups excluding carboxylic acids is 1. The predicted octanol–water partition coefficient (Wildman–Crippen LogP) is 4.31. The first-order valence-corrected chi connectivity index (χ1v) is 9.47. The average molecular weight is 428 g/mol. The fourth-order valence-electron chi connectivity index (χ4n) is 2.84. The van der Waals surface area contributed by atoms with Gasteiger partial charge in [0.2, 0.25) is 0 Å². The van der Waals surface area contributed by atoms with Crippen molar-refractivity contribution in [3.63, 3.8) is 0 Å². The number of benzene rings is 2. The molecule has 0 aliphatic heterocycles. The van der Waals surface area contributed by atoms with Crippen LogP contribution in [0.1, 0.15) is 32.7 Å². The lowest BCUT2D eigenvalue weighted by molar-refractivity contribution is 0.0950. The minimum atomic E-state index is -0.120. The van der Waals surface area contributed by atoms with Crippen LogP contribution in [0.5, 0.6) is 5.75 Å². The fraction of sp³-hybridized carbons (Fsp3) is 0.238. The van der Waals surface area contributed by atoms with E-state index in [1.54, 1.807) is 10.9 Å². The highest BCUT2D eigenvalue weighted by Crippen LogP contribution is 2.23. The second kappa shape index (κ2) is 8.39. The molecular weight excluding hydrogens is 406 g/mol. The number of nitrogens with zero attached hydrogens (tertiary/aromatic N) is 2. The molecule has 3 rings (SSSR count). The van der Waals surface area contributed by atoms with Gasteiger partial charge in [0.1, 0.15) is 12.4 Å². The quantitative estimate of drug-likeness (QED) is 0.637. The van der Waals surface area contributed by atoms with Gasteiger partial charge in [-0.15, -0.1) is 0 Å². The number of hydrogen-bond donors (Lipinski definition) is 1. The molecule has 0 bridgehead atoms. The maximum Gasteiger partial charge on any atom is 0.251 e. The molecule has 1 heterocycles. The summed E-state index contributed by atoms with van der Waals surface area (Å²) in [5, 5.41) is 7.06. The first kappa shape index (κ1) is 19.2. The van der Waals surface area contributed by atoms with Gasteiger partial charge in [-0.3, -0.25) is 9.48 Å². The van der Waals surface area contributed by atoms with E-state index in [-0.39, 0.29) is 5.91 Å². The van der Waals surface area contributed by atoms with E-state index >= 15 is 0 Å². The van der Waals surface area contributed by atoms with E-state index in [1.165, 1.54) is 0 Å². The van der Waals surface area contributed by atoms with Crippen molar-refractivity contribution >= 4 is 21.8 Å². The number of ether oxygens (including phenoxy) is 1. The van der Waals surface area contributed by atoms with Crippen molar-refractivity contribution in [1.82, 2.24) is 15.1 Å².